The van der Waals surface area contributed by atoms with E-state index in [0.717, 1.165) is 56.3 Å². The number of benzene rings is 3. The molecule has 0 fully saturated rings. The van der Waals surface area contributed by atoms with Crippen LogP contribution in [0.5, 0.6) is 0 Å². The lowest BCUT2D eigenvalue weighted by Crippen LogP contribution is -2.26. The van der Waals surface area contributed by atoms with Gasteiger partial charge in [-0.3, -0.25) is 0 Å². The third kappa shape index (κ3) is 7.71. The van der Waals surface area contributed by atoms with Gasteiger partial charge in [0.25, 0.3) is 0 Å². The Morgan fingerprint density at radius 2 is 1.61 bits per heavy atom. The largest absolute Gasteiger partial charge is 0.465 e. The molecule has 3 aromatic rings. The van der Waals surface area contributed by atoms with E-state index in [1.165, 1.54) is 18.7 Å². The van der Waals surface area contributed by atoms with Gasteiger partial charge in [-0.2, -0.15) is 0 Å². The van der Waals surface area contributed by atoms with Gasteiger partial charge < -0.3 is 9.64 Å². The number of anilines is 1. The molecule has 0 bridgehead atoms. The minimum absolute atomic E-state index is 0.297. The van der Waals surface area contributed by atoms with E-state index in [0.29, 0.717) is 23.2 Å². The molecule has 0 saturated heterocycles. The highest BCUT2D eigenvalue weighted by Gasteiger charge is 2.18. The van der Waals surface area contributed by atoms with Crippen LogP contribution in [0, 0.1) is 17.7 Å². The van der Waals surface area contributed by atoms with Crippen molar-refractivity contribution in [1.82, 2.24) is 0 Å². The smallest absolute Gasteiger partial charge is 0.339 e. The van der Waals surface area contributed by atoms with Crippen molar-refractivity contribution in [3.63, 3.8) is 0 Å². The number of carbonyl (C=O) groups is 1. The van der Waals surface area contributed by atoms with Crippen molar-refractivity contribution in [2.75, 3.05) is 18.6 Å². The highest BCUT2D eigenvalue weighted by Crippen LogP contribution is 2.25. The van der Waals surface area contributed by atoms with Gasteiger partial charge in [0, 0.05) is 29.8 Å². The van der Waals surface area contributed by atoms with Gasteiger partial charge in [-0.1, -0.05) is 81.7 Å². The summed E-state index contributed by atoms with van der Waals surface area (Å²) in [4.78, 5) is 14.5. The van der Waals surface area contributed by atoms with Crippen molar-refractivity contribution in [3.05, 3.63) is 100 Å². The second-order valence-corrected chi connectivity index (χ2v) is 8.99. The van der Waals surface area contributed by atoms with Gasteiger partial charge in [0.2, 0.25) is 0 Å². The third-order valence-corrected chi connectivity index (χ3v) is 6.19. The summed E-state index contributed by atoms with van der Waals surface area (Å²) in [7, 11) is 1.38. The fraction of sp³-hybridized carbons (Fsp3) is 0.344. The number of hydrogen-bond acceptors (Lipinski definition) is 3. The van der Waals surface area contributed by atoms with Crippen LogP contribution in [0.1, 0.15) is 78.6 Å². The van der Waals surface area contributed by atoms with Crippen molar-refractivity contribution < 1.29 is 13.9 Å². The fourth-order valence-electron chi connectivity index (χ4n) is 4.19. The molecule has 4 heteroatoms. The van der Waals surface area contributed by atoms with Crippen LogP contribution in [-0.4, -0.2) is 19.6 Å². The number of hydrogen-bond donors (Lipinski definition) is 0. The highest BCUT2D eigenvalue weighted by molar-refractivity contribution is 5.95. The summed E-state index contributed by atoms with van der Waals surface area (Å²) in [5.41, 5.74) is 4.67. The van der Waals surface area contributed by atoms with E-state index < -0.39 is 5.97 Å². The number of ether oxygens (including phenoxy) is 1. The lowest BCUT2D eigenvalue weighted by Gasteiger charge is -2.27. The number of carbonyl (C=O) groups excluding carboxylic acids is 1. The summed E-state index contributed by atoms with van der Waals surface area (Å²) in [6.07, 6.45) is 6.50. The van der Waals surface area contributed by atoms with E-state index in [1.807, 2.05) is 36.4 Å². The normalized spacial score (nSPS) is 10.4. The van der Waals surface area contributed by atoms with Gasteiger partial charge in [0.1, 0.15) is 5.82 Å². The van der Waals surface area contributed by atoms with Crippen LogP contribution < -0.4 is 4.90 Å². The van der Waals surface area contributed by atoms with Crippen molar-refractivity contribution in [1.29, 1.82) is 0 Å². The van der Waals surface area contributed by atoms with Crippen LogP contribution in [0.15, 0.2) is 66.7 Å². The molecule has 0 N–H and O–H groups in total. The fourth-order valence-corrected chi connectivity index (χ4v) is 4.19. The van der Waals surface area contributed by atoms with Crippen LogP contribution in [-0.2, 0) is 17.7 Å². The molecule has 0 heterocycles. The Morgan fingerprint density at radius 3 is 2.31 bits per heavy atom. The number of methoxy groups -OCH3 is 1. The zero-order chi connectivity index (χ0) is 25.8. The van der Waals surface area contributed by atoms with Gasteiger partial charge in [-0.15, -0.1) is 0 Å². The predicted molar refractivity (Wildman–Crippen MR) is 146 cm³/mol. The second-order valence-electron chi connectivity index (χ2n) is 8.99. The molecule has 0 aromatic heterocycles. The topological polar surface area (TPSA) is 29.5 Å². The van der Waals surface area contributed by atoms with E-state index in [1.54, 1.807) is 12.1 Å². The number of aryl methyl sites for hydroxylation is 1. The molecule has 188 valence electrons. The zero-order valence-corrected chi connectivity index (χ0v) is 21.6. The highest BCUT2D eigenvalue weighted by atomic mass is 19.1. The third-order valence-electron chi connectivity index (χ3n) is 6.19. The first-order chi connectivity index (χ1) is 17.5. The van der Waals surface area contributed by atoms with Crippen molar-refractivity contribution in [2.45, 2.75) is 58.9 Å². The summed E-state index contributed by atoms with van der Waals surface area (Å²) in [6.45, 7) is 5.42. The molecule has 0 atom stereocenters. The second kappa shape index (κ2) is 14.1. The quantitative estimate of drug-likeness (QED) is 0.159. The molecule has 0 amide bonds. The molecule has 0 aliphatic carbocycles. The lowest BCUT2D eigenvalue weighted by atomic mass is 10.1. The average molecular weight is 486 g/mol. The van der Waals surface area contributed by atoms with Crippen LogP contribution in [0.25, 0.3) is 0 Å². The van der Waals surface area contributed by atoms with Crippen LogP contribution in [0.2, 0.25) is 0 Å². The number of unbranched alkanes of at least 4 members (excludes halogenated alkanes) is 3. The summed E-state index contributed by atoms with van der Waals surface area (Å²) >= 11 is 0. The summed E-state index contributed by atoms with van der Waals surface area (Å²) < 4.78 is 20.2. The van der Waals surface area contributed by atoms with E-state index in [2.05, 4.69) is 42.7 Å². The maximum atomic E-state index is 15.2. The molecular formula is C32H36FNO2. The Bertz CT molecular complexity index is 1190. The Kier molecular flexibility index (Phi) is 10.6. The molecular weight excluding hydrogens is 449 g/mol. The van der Waals surface area contributed by atoms with Gasteiger partial charge in [0.15, 0.2) is 0 Å². The minimum Gasteiger partial charge on any atom is -0.465 e. The molecule has 36 heavy (non-hydrogen) atoms. The minimum atomic E-state index is -0.391. The summed E-state index contributed by atoms with van der Waals surface area (Å²) in [5, 5.41) is 0. The predicted octanol–water partition coefficient (Wildman–Crippen LogP) is 7.55. The van der Waals surface area contributed by atoms with Gasteiger partial charge in [0.05, 0.1) is 18.4 Å². The number of nitrogens with zero attached hydrogens (tertiary/aromatic N) is 1. The first-order valence-corrected chi connectivity index (χ1v) is 12.9. The van der Waals surface area contributed by atoms with E-state index in [4.69, 9.17) is 4.74 Å². The van der Waals surface area contributed by atoms with Gasteiger partial charge >= 0.3 is 5.97 Å². The van der Waals surface area contributed by atoms with Gasteiger partial charge in [-0.05, 0) is 54.8 Å². The van der Waals surface area contributed by atoms with Crippen molar-refractivity contribution in [2.24, 2.45) is 0 Å². The number of rotatable bonds is 11. The first-order valence-electron chi connectivity index (χ1n) is 12.9. The van der Waals surface area contributed by atoms with E-state index >= 15 is 4.39 Å². The average Bonchev–Trinajstić information content (AvgIpc) is 2.91. The van der Waals surface area contributed by atoms with Crippen molar-refractivity contribution >= 4 is 11.7 Å². The summed E-state index contributed by atoms with van der Waals surface area (Å²) in [5.74, 6) is 5.52. The molecule has 0 radical (unpaired) electrons. The molecule has 0 aliphatic rings. The molecule has 0 aliphatic heterocycles. The van der Waals surface area contributed by atoms with Gasteiger partial charge in [-0.25, -0.2) is 9.18 Å². The standard InChI is InChI=1S/C32H36FNO2/c1-4-6-7-10-22-34(31-13-9-8-12-29(31)32(35)36-3)24-28-21-20-27(23-30(28)33)19-18-26-16-14-25(11-5-2)15-17-26/h8-9,12-17,20-21,23H,4-7,10-11,22,24H2,1-3H3. The lowest BCUT2D eigenvalue weighted by molar-refractivity contribution is 0.0601. The SMILES string of the molecule is CCCCCCN(Cc1ccc(C#Cc2ccc(CCC)cc2)cc1F)c1ccccc1C(=O)OC. The zero-order valence-electron chi connectivity index (χ0n) is 21.6. The monoisotopic (exact) mass is 485 g/mol. The first kappa shape index (κ1) is 27.0. The van der Waals surface area contributed by atoms with Crippen LogP contribution in [0.3, 0.4) is 0 Å². The Hall–Kier alpha value is -3.58. The summed E-state index contributed by atoms with van der Waals surface area (Å²) in [6, 6.07) is 20.7. The Labute approximate surface area is 215 Å². The van der Waals surface area contributed by atoms with E-state index in [-0.39, 0.29) is 5.82 Å². The molecule has 3 rings (SSSR count). The van der Waals surface area contributed by atoms with Crippen LogP contribution >= 0.6 is 0 Å². The Morgan fingerprint density at radius 1 is 0.889 bits per heavy atom. The van der Waals surface area contributed by atoms with Crippen LogP contribution in [0.4, 0.5) is 10.1 Å². The number of halogens is 1. The number of esters is 1. The molecule has 0 saturated carbocycles. The molecule has 0 spiro atoms. The van der Waals surface area contributed by atoms with Crippen molar-refractivity contribution in [3.8, 4) is 11.8 Å². The molecule has 0 unspecified atom stereocenters. The van der Waals surface area contributed by atoms with E-state index in [9.17, 15) is 4.79 Å². The molecule has 3 nitrogen and oxygen atoms in total. The Balaban J connectivity index is 1.80. The molecule has 3 aromatic carbocycles. The maximum absolute atomic E-state index is 15.2. The number of para-hydroxylation sites is 1. The maximum Gasteiger partial charge on any atom is 0.339 e.